The molecule has 4 unspecified atom stereocenters. The second kappa shape index (κ2) is 4.32. The number of hydrogen-bond donors (Lipinski definition) is 1. The van der Waals surface area contributed by atoms with Gasteiger partial charge >= 0.3 is 0 Å². The number of anilines is 1. The molecule has 0 bridgehead atoms. The topological polar surface area (TPSA) is 32.3 Å². The molecule has 3 rings (SSSR count). The number of carbonyl (C=O) groups is 1. The normalized spacial score (nSPS) is 32.6. The van der Waals surface area contributed by atoms with Crippen LogP contribution in [0.25, 0.3) is 0 Å². The van der Waals surface area contributed by atoms with Gasteiger partial charge in [-0.25, -0.2) is 0 Å². The lowest BCUT2D eigenvalue weighted by Gasteiger charge is -2.35. The number of nitrogens with one attached hydrogen (secondary N) is 1. The van der Waals surface area contributed by atoms with Gasteiger partial charge in [-0.3, -0.25) is 9.69 Å². The highest BCUT2D eigenvalue weighted by Gasteiger charge is 2.56. The highest BCUT2D eigenvalue weighted by atomic mass is 16.1. The molecule has 0 amide bonds. The SMILES string of the molecule is CC(=O)C1C(C(C)(C)C)C2c3ccccc3NC2N1C. The summed E-state index contributed by atoms with van der Waals surface area (Å²) in [5.74, 6) is 1.01. The van der Waals surface area contributed by atoms with E-state index in [1.54, 1.807) is 6.92 Å². The summed E-state index contributed by atoms with van der Waals surface area (Å²) in [5.41, 5.74) is 2.70. The van der Waals surface area contributed by atoms with Crippen LogP contribution in [0.3, 0.4) is 0 Å². The van der Waals surface area contributed by atoms with Crippen molar-refractivity contribution in [1.82, 2.24) is 4.90 Å². The highest BCUT2D eigenvalue weighted by Crippen LogP contribution is 2.54. The van der Waals surface area contributed by atoms with Gasteiger partial charge < -0.3 is 5.32 Å². The van der Waals surface area contributed by atoms with Crippen molar-refractivity contribution in [3.8, 4) is 0 Å². The van der Waals surface area contributed by atoms with E-state index in [1.165, 1.54) is 11.3 Å². The molecule has 2 heterocycles. The standard InChI is InChI=1S/C17H24N2O/c1-10(20)15-14(17(2,3)4)13-11-8-6-7-9-12(11)18-16(13)19(15)5/h6-9,13-16,18H,1-5H3. The van der Waals surface area contributed by atoms with Gasteiger partial charge in [0.05, 0.1) is 12.2 Å². The van der Waals surface area contributed by atoms with Crippen LogP contribution in [0.15, 0.2) is 24.3 Å². The van der Waals surface area contributed by atoms with Gasteiger partial charge in [-0.1, -0.05) is 39.0 Å². The molecular formula is C17H24N2O. The van der Waals surface area contributed by atoms with Crippen molar-refractivity contribution in [2.75, 3.05) is 12.4 Å². The number of rotatable bonds is 1. The van der Waals surface area contributed by atoms with Gasteiger partial charge in [0.25, 0.3) is 0 Å². The lowest BCUT2D eigenvalue weighted by atomic mass is 9.69. The first-order valence-electron chi connectivity index (χ1n) is 7.40. The summed E-state index contributed by atoms with van der Waals surface area (Å²) in [4.78, 5) is 14.4. The molecule has 1 aromatic carbocycles. The van der Waals surface area contributed by atoms with Crippen molar-refractivity contribution >= 4 is 11.5 Å². The Labute approximate surface area is 121 Å². The van der Waals surface area contributed by atoms with Gasteiger partial charge in [0, 0.05) is 11.6 Å². The second-order valence-corrected chi connectivity index (χ2v) is 7.31. The van der Waals surface area contributed by atoms with Crippen LogP contribution >= 0.6 is 0 Å². The number of likely N-dealkylation sites (N-methyl/N-ethyl adjacent to an activating group) is 1. The third-order valence-corrected chi connectivity index (χ3v) is 4.98. The van der Waals surface area contributed by atoms with Gasteiger partial charge in [0.15, 0.2) is 0 Å². The lowest BCUT2D eigenvalue weighted by Crippen LogP contribution is -2.43. The van der Waals surface area contributed by atoms with Crippen LogP contribution in [-0.2, 0) is 4.79 Å². The summed E-state index contributed by atoms with van der Waals surface area (Å²) >= 11 is 0. The fraction of sp³-hybridized carbons (Fsp3) is 0.588. The number of carbonyl (C=O) groups excluding carboxylic acids is 1. The van der Waals surface area contributed by atoms with Crippen LogP contribution in [0.2, 0.25) is 0 Å². The first-order chi connectivity index (χ1) is 9.32. The Bertz CT molecular complexity index is 546. The average Bonchev–Trinajstić information content (AvgIpc) is 2.84. The molecule has 4 atom stereocenters. The zero-order valence-corrected chi connectivity index (χ0v) is 13.0. The summed E-state index contributed by atoms with van der Waals surface area (Å²) in [7, 11) is 2.08. The van der Waals surface area contributed by atoms with Crippen LogP contribution in [0.4, 0.5) is 5.69 Å². The molecule has 3 heteroatoms. The highest BCUT2D eigenvalue weighted by molar-refractivity contribution is 5.83. The van der Waals surface area contributed by atoms with Crippen LogP contribution in [0.5, 0.6) is 0 Å². The predicted molar refractivity (Wildman–Crippen MR) is 81.8 cm³/mol. The van der Waals surface area contributed by atoms with E-state index >= 15 is 0 Å². The maximum atomic E-state index is 12.2. The van der Waals surface area contributed by atoms with Crippen molar-refractivity contribution < 1.29 is 4.79 Å². The number of likely N-dealkylation sites (tertiary alicyclic amines) is 1. The molecule has 2 aliphatic heterocycles. The third kappa shape index (κ3) is 1.80. The molecule has 108 valence electrons. The summed E-state index contributed by atoms with van der Waals surface area (Å²) in [5, 5.41) is 3.61. The number of nitrogens with zero attached hydrogens (tertiary/aromatic N) is 1. The monoisotopic (exact) mass is 272 g/mol. The fourth-order valence-electron chi connectivity index (χ4n) is 4.26. The number of para-hydroxylation sites is 1. The van der Waals surface area contributed by atoms with Crippen LogP contribution in [-0.4, -0.2) is 29.9 Å². The van der Waals surface area contributed by atoms with Gasteiger partial charge in [-0.2, -0.15) is 0 Å². The fourth-order valence-corrected chi connectivity index (χ4v) is 4.26. The van der Waals surface area contributed by atoms with Gasteiger partial charge in [0.1, 0.15) is 5.78 Å². The van der Waals surface area contributed by atoms with Crippen molar-refractivity contribution in [2.24, 2.45) is 11.3 Å². The molecule has 1 fully saturated rings. The Morgan fingerprint density at radius 1 is 1.25 bits per heavy atom. The van der Waals surface area contributed by atoms with Gasteiger partial charge in [-0.15, -0.1) is 0 Å². The molecule has 2 aliphatic rings. The van der Waals surface area contributed by atoms with Crippen molar-refractivity contribution in [3.05, 3.63) is 29.8 Å². The molecule has 0 radical (unpaired) electrons. The number of benzene rings is 1. The Morgan fingerprint density at radius 2 is 1.90 bits per heavy atom. The Kier molecular flexibility index (Phi) is 2.94. The quantitative estimate of drug-likeness (QED) is 0.852. The first-order valence-corrected chi connectivity index (χ1v) is 7.40. The summed E-state index contributed by atoms with van der Waals surface area (Å²) in [6.07, 6.45) is 0.241. The van der Waals surface area contributed by atoms with E-state index in [2.05, 4.69) is 62.3 Å². The zero-order valence-electron chi connectivity index (χ0n) is 13.0. The van der Waals surface area contributed by atoms with E-state index in [-0.39, 0.29) is 23.4 Å². The molecule has 0 aromatic heterocycles. The van der Waals surface area contributed by atoms with Gasteiger partial charge in [-0.05, 0) is 36.9 Å². The van der Waals surface area contributed by atoms with E-state index in [4.69, 9.17) is 0 Å². The van der Waals surface area contributed by atoms with E-state index in [9.17, 15) is 4.79 Å². The smallest absolute Gasteiger partial charge is 0.147 e. The minimum absolute atomic E-state index is 0.00542. The molecule has 1 N–H and O–H groups in total. The minimum atomic E-state index is 0.00542. The van der Waals surface area contributed by atoms with Crippen molar-refractivity contribution in [2.45, 2.75) is 45.8 Å². The summed E-state index contributed by atoms with van der Waals surface area (Å²) in [6.45, 7) is 8.49. The first kappa shape index (κ1) is 13.6. The van der Waals surface area contributed by atoms with E-state index in [0.29, 0.717) is 11.8 Å². The largest absolute Gasteiger partial charge is 0.369 e. The Morgan fingerprint density at radius 3 is 2.50 bits per heavy atom. The van der Waals surface area contributed by atoms with E-state index in [1.807, 2.05) is 0 Å². The molecule has 20 heavy (non-hydrogen) atoms. The number of hydrogen-bond acceptors (Lipinski definition) is 3. The molecule has 0 saturated carbocycles. The summed E-state index contributed by atoms with van der Waals surface area (Å²) in [6, 6.07) is 8.53. The summed E-state index contributed by atoms with van der Waals surface area (Å²) < 4.78 is 0. The Hall–Kier alpha value is -1.35. The number of ketones is 1. The molecule has 1 aromatic rings. The lowest BCUT2D eigenvalue weighted by molar-refractivity contribution is -0.123. The molecular weight excluding hydrogens is 248 g/mol. The number of fused-ring (bicyclic) bond motifs is 3. The molecule has 1 saturated heterocycles. The van der Waals surface area contributed by atoms with Crippen LogP contribution < -0.4 is 5.32 Å². The van der Waals surface area contributed by atoms with Crippen LogP contribution in [0, 0.1) is 11.3 Å². The van der Waals surface area contributed by atoms with Gasteiger partial charge in [0.2, 0.25) is 0 Å². The predicted octanol–water partition coefficient (Wildman–Crippen LogP) is 3.09. The third-order valence-electron chi connectivity index (χ3n) is 4.98. The van der Waals surface area contributed by atoms with Crippen molar-refractivity contribution in [1.29, 1.82) is 0 Å². The maximum absolute atomic E-state index is 12.2. The van der Waals surface area contributed by atoms with Crippen molar-refractivity contribution in [3.63, 3.8) is 0 Å². The maximum Gasteiger partial charge on any atom is 0.147 e. The number of Topliss-reactive ketones (excluding diaryl/α,β-unsaturated/α-hetero) is 1. The second-order valence-electron chi connectivity index (χ2n) is 7.31. The average molecular weight is 272 g/mol. The molecule has 0 spiro atoms. The molecule has 3 nitrogen and oxygen atoms in total. The Balaban J connectivity index is 2.11. The van der Waals surface area contributed by atoms with Crippen LogP contribution in [0.1, 0.15) is 39.2 Å². The molecule has 0 aliphatic carbocycles. The van der Waals surface area contributed by atoms with E-state index in [0.717, 1.165) is 0 Å². The van der Waals surface area contributed by atoms with E-state index < -0.39 is 0 Å². The zero-order chi connectivity index (χ0) is 14.7. The minimum Gasteiger partial charge on any atom is -0.369 e.